The van der Waals surface area contributed by atoms with Crippen LogP contribution in [-0.2, 0) is 17.8 Å². The van der Waals surface area contributed by atoms with E-state index in [1.54, 1.807) is 15.9 Å². The van der Waals surface area contributed by atoms with Crippen molar-refractivity contribution < 1.29 is 9.82 Å². The fraction of sp³-hybridized carbons (Fsp3) is 0.200. The van der Waals surface area contributed by atoms with E-state index in [0.29, 0.717) is 13.0 Å². The number of carbonyl (C=O) groups excluding carboxylic acids is 1. The second-order valence-corrected chi connectivity index (χ2v) is 8.43. The Morgan fingerprint density at radius 3 is 2.71 bits per heavy atom. The zero-order valence-electron chi connectivity index (χ0n) is 15.0. The quantitative estimate of drug-likeness (QED) is 0.461. The summed E-state index contributed by atoms with van der Waals surface area (Å²) in [5.41, 5.74) is 1.94. The first-order valence-electron chi connectivity index (χ1n) is 8.96. The van der Waals surface area contributed by atoms with E-state index in [1.165, 1.54) is 16.0 Å². The van der Waals surface area contributed by atoms with Crippen molar-refractivity contribution in [3.8, 4) is 0 Å². The number of aryl methyl sites for hydroxylation is 1. The highest BCUT2D eigenvalue weighted by molar-refractivity contribution is 7.17. The minimum Gasteiger partial charge on any atom is -0.452 e. The van der Waals surface area contributed by atoms with E-state index >= 15 is 0 Å². The van der Waals surface area contributed by atoms with E-state index < -0.39 is 5.94 Å². The van der Waals surface area contributed by atoms with Gasteiger partial charge in [-0.3, -0.25) is 14.2 Å². The van der Waals surface area contributed by atoms with Crippen LogP contribution in [0.3, 0.4) is 0 Å². The van der Waals surface area contributed by atoms with Crippen LogP contribution in [0.5, 0.6) is 0 Å². The molecule has 0 aliphatic carbocycles. The van der Waals surface area contributed by atoms with Crippen molar-refractivity contribution in [1.82, 2.24) is 9.88 Å². The summed E-state index contributed by atoms with van der Waals surface area (Å²) in [5, 5.41) is 15.6. The van der Waals surface area contributed by atoms with Gasteiger partial charge in [-0.15, -0.1) is 11.3 Å². The molecular weight excluding hydrogens is 391 g/mol. The summed E-state index contributed by atoms with van der Waals surface area (Å²) in [6, 6.07) is 15.6. The number of thiophene rings is 1. The van der Waals surface area contributed by atoms with Crippen molar-refractivity contribution in [2.75, 3.05) is 0 Å². The Morgan fingerprint density at radius 2 is 1.89 bits per heavy atom. The number of amides is 1. The molecule has 8 heteroatoms. The van der Waals surface area contributed by atoms with Gasteiger partial charge >= 0.3 is 12.4 Å². The Hall–Kier alpha value is -2.42. The Labute approximate surface area is 170 Å². The molecule has 0 saturated carbocycles. The van der Waals surface area contributed by atoms with Gasteiger partial charge < -0.3 is 10.3 Å². The van der Waals surface area contributed by atoms with Crippen LogP contribution in [0.15, 0.2) is 58.7 Å². The lowest BCUT2D eigenvalue weighted by molar-refractivity contribution is -0.121. The lowest BCUT2D eigenvalue weighted by Crippen LogP contribution is -2.41. The second-order valence-electron chi connectivity index (χ2n) is 6.52. The van der Waals surface area contributed by atoms with Crippen LogP contribution in [0.25, 0.3) is 20.3 Å². The number of thiazole rings is 1. The van der Waals surface area contributed by atoms with Gasteiger partial charge in [0.1, 0.15) is 0 Å². The molecule has 0 spiro atoms. The third-order valence-corrected chi connectivity index (χ3v) is 6.64. The van der Waals surface area contributed by atoms with Gasteiger partial charge in [-0.25, -0.2) is 0 Å². The summed E-state index contributed by atoms with van der Waals surface area (Å²) in [6.07, 6.45) is 0.697. The van der Waals surface area contributed by atoms with Crippen LogP contribution in [0, 0.1) is 0 Å². The van der Waals surface area contributed by atoms with E-state index in [-0.39, 0.29) is 17.2 Å². The molecule has 1 atom stereocenters. The number of carbonyl (C=O) groups is 1. The molecule has 141 valence electrons. The average Bonchev–Trinajstić information content (AvgIpc) is 3.26. The van der Waals surface area contributed by atoms with Crippen molar-refractivity contribution in [2.45, 2.75) is 25.3 Å². The third-order valence-electron chi connectivity index (χ3n) is 4.66. The molecule has 0 aliphatic rings. The Balaban J connectivity index is 1.40. The molecule has 5 nitrogen and oxygen atoms in total. The standard InChI is InChI=1S/C20H18BN2O3S2/c24-19(9-10-23-15-6-2-4-8-17(15)28-20(23)25)22-18(21-26)11-13-12-27-16-7-3-1-5-14(13)16/h1-8,12,18,26H,9-11H2,(H,22,24). The predicted molar refractivity (Wildman–Crippen MR) is 116 cm³/mol. The lowest BCUT2D eigenvalue weighted by Gasteiger charge is -2.15. The fourth-order valence-electron chi connectivity index (χ4n) is 3.29. The zero-order valence-corrected chi connectivity index (χ0v) is 16.6. The molecule has 0 aliphatic heterocycles. The highest BCUT2D eigenvalue weighted by atomic mass is 32.1. The first-order chi connectivity index (χ1) is 13.7. The SMILES string of the molecule is O=C(CCn1c(=O)sc2ccccc21)NC([B]O)Cc1csc2ccccc12. The highest BCUT2D eigenvalue weighted by Crippen LogP contribution is 2.26. The molecule has 28 heavy (non-hydrogen) atoms. The number of benzene rings is 2. The number of fused-ring (bicyclic) bond motifs is 2. The summed E-state index contributed by atoms with van der Waals surface area (Å²) in [6.45, 7) is 0.314. The zero-order chi connectivity index (χ0) is 19.5. The molecule has 1 amide bonds. The maximum Gasteiger partial charge on any atom is 0.312 e. The molecule has 2 aromatic heterocycles. The first-order valence-corrected chi connectivity index (χ1v) is 10.7. The van der Waals surface area contributed by atoms with Gasteiger partial charge in [0.15, 0.2) is 0 Å². The number of nitrogens with one attached hydrogen (secondary N) is 1. The molecule has 2 aromatic carbocycles. The molecule has 0 bridgehead atoms. The number of para-hydroxylation sites is 1. The van der Waals surface area contributed by atoms with Gasteiger partial charge in [0.25, 0.3) is 0 Å². The lowest BCUT2D eigenvalue weighted by atomic mass is 9.83. The van der Waals surface area contributed by atoms with Crippen LogP contribution in [0.4, 0.5) is 0 Å². The molecule has 1 unspecified atom stereocenters. The van der Waals surface area contributed by atoms with Crippen molar-refractivity contribution in [3.63, 3.8) is 0 Å². The van der Waals surface area contributed by atoms with Gasteiger partial charge in [-0.1, -0.05) is 41.7 Å². The molecule has 1 radical (unpaired) electrons. The van der Waals surface area contributed by atoms with E-state index in [4.69, 9.17) is 0 Å². The minimum atomic E-state index is -0.471. The summed E-state index contributed by atoms with van der Waals surface area (Å²) >= 11 is 2.83. The van der Waals surface area contributed by atoms with Crippen molar-refractivity contribution in [2.24, 2.45) is 0 Å². The van der Waals surface area contributed by atoms with Crippen LogP contribution in [0.2, 0.25) is 0 Å². The number of hydrogen-bond donors (Lipinski definition) is 2. The van der Waals surface area contributed by atoms with Crippen molar-refractivity contribution in [3.05, 3.63) is 69.1 Å². The van der Waals surface area contributed by atoms with E-state index in [1.807, 2.05) is 42.5 Å². The van der Waals surface area contributed by atoms with Crippen LogP contribution < -0.4 is 10.2 Å². The molecule has 0 saturated heterocycles. The number of hydrogen-bond acceptors (Lipinski definition) is 5. The topological polar surface area (TPSA) is 71.3 Å². The van der Waals surface area contributed by atoms with E-state index in [0.717, 1.165) is 28.6 Å². The number of aromatic nitrogens is 1. The van der Waals surface area contributed by atoms with E-state index in [9.17, 15) is 14.6 Å². The smallest absolute Gasteiger partial charge is 0.312 e. The molecule has 4 rings (SSSR count). The normalized spacial score (nSPS) is 12.3. The van der Waals surface area contributed by atoms with Crippen LogP contribution in [0.1, 0.15) is 12.0 Å². The number of rotatable bonds is 7. The van der Waals surface area contributed by atoms with Gasteiger partial charge in [0.2, 0.25) is 5.91 Å². The largest absolute Gasteiger partial charge is 0.452 e. The Bertz CT molecular complexity index is 1180. The van der Waals surface area contributed by atoms with Crippen molar-refractivity contribution in [1.29, 1.82) is 0 Å². The first kappa shape index (κ1) is 18.9. The number of nitrogens with zero attached hydrogens (tertiary/aromatic N) is 1. The Kier molecular flexibility index (Phi) is 5.61. The summed E-state index contributed by atoms with van der Waals surface area (Å²) in [7, 11) is 1.02. The molecule has 2 N–H and O–H groups in total. The third kappa shape index (κ3) is 3.89. The van der Waals surface area contributed by atoms with Gasteiger partial charge in [-0.05, 0) is 40.9 Å². The van der Waals surface area contributed by atoms with Crippen LogP contribution in [-0.4, -0.2) is 28.9 Å². The van der Waals surface area contributed by atoms with Crippen molar-refractivity contribution >= 4 is 56.4 Å². The molecule has 4 aromatic rings. The predicted octanol–water partition coefficient (Wildman–Crippen LogP) is 2.96. The molecule has 2 heterocycles. The maximum atomic E-state index is 12.4. The van der Waals surface area contributed by atoms with Crippen LogP contribution >= 0.6 is 22.7 Å². The maximum absolute atomic E-state index is 12.4. The summed E-state index contributed by atoms with van der Waals surface area (Å²) in [4.78, 5) is 24.5. The molecular formula is C20H18BN2O3S2. The molecule has 0 fully saturated rings. The fourth-order valence-corrected chi connectivity index (χ4v) is 5.18. The second kappa shape index (κ2) is 8.30. The Morgan fingerprint density at radius 1 is 1.14 bits per heavy atom. The summed E-state index contributed by atoms with van der Waals surface area (Å²) in [5.74, 6) is -0.668. The van der Waals surface area contributed by atoms with Gasteiger partial charge in [0.05, 0.1) is 10.2 Å². The van der Waals surface area contributed by atoms with Gasteiger partial charge in [-0.2, -0.15) is 0 Å². The minimum absolute atomic E-state index is 0.0657. The summed E-state index contributed by atoms with van der Waals surface area (Å²) < 4.78 is 3.73. The highest BCUT2D eigenvalue weighted by Gasteiger charge is 2.17. The monoisotopic (exact) mass is 409 g/mol. The van der Waals surface area contributed by atoms with E-state index in [2.05, 4.69) is 16.8 Å². The average molecular weight is 409 g/mol. The van der Waals surface area contributed by atoms with Gasteiger partial charge in [0, 0.05) is 23.6 Å².